The molecule has 1 heterocycles. The molecule has 0 aliphatic carbocycles. The first-order chi connectivity index (χ1) is 5.46. The molecule has 0 aliphatic heterocycles. The first-order valence-electron chi connectivity index (χ1n) is 4.06. The molecule has 1 rings (SSSR count). The second-order valence-electron chi connectivity index (χ2n) is 3.79. The predicted octanol–water partition coefficient (Wildman–Crippen LogP) is 2.36. The summed E-state index contributed by atoms with van der Waals surface area (Å²) in [5.41, 5.74) is 1.25. The van der Waals surface area contributed by atoms with E-state index in [9.17, 15) is 0 Å². The van der Waals surface area contributed by atoms with Gasteiger partial charge in [-0.25, -0.2) is 4.68 Å². The highest BCUT2D eigenvalue weighted by molar-refractivity contribution is 9.10. The number of aromatic nitrogens is 3. The van der Waals surface area contributed by atoms with Crippen molar-refractivity contribution in [3.05, 3.63) is 10.3 Å². The zero-order chi connectivity index (χ0) is 9.35. The lowest BCUT2D eigenvalue weighted by Crippen LogP contribution is -2.18. The van der Waals surface area contributed by atoms with Crippen LogP contribution in [-0.4, -0.2) is 15.0 Å². The van der Waals surface area contributed by atoms with Crippen LogP contribution in [0.25, 0.3) is 0 Å². The van der Waals surface area contributed by atoms with E-state index in [0.717, 1.165) is 16.8 Å². The van der Waals surface area contributed by atoms with Gasteiger partial charge in [-0.15, -0.1) is 5.10 Å². The summed E-state index contributed by atoms with van der Waals surface area (Å²) in [4.78, 5) is 0. The van der Waals surface area contributed by atoms with Gasteiger partial charge in [-0.2, -0.15) is 0 Å². The van der Waals surface area contributed by atoms with Crippen molar-refractivity contribution in [2.45, 2.75) is 39.7 Å². The third-order valence-electron chi connectivity index (χ3n) is 1.70. The lowest BCUT2D eigenvalue weighted by molar-refractivity contribution is 0.492. The van der Waals surface area contributed by atoms with Crippen LogP contribution >= 0.6 is 15.9 Å². The smallest absolute Gasteiger partial charge is 0.152 e. The molecule has 12 heavy (non-hydrogen) atoms. The van der Waals surface area contributed by atoms with Gasteiger partial charge in [0.2, 0.25) is 0 Å². The quantitative estimate of drug-likeness (QED) is 0.744. The molecule has 1 aromatic rings. The maximum absolute atomic E-state index is 4.02. The first kappa shape index (κ1) is 9.71. The Labute approximate surface area is 81.3 Å². The van der Waals surface area contributed by atoms with Crippen molar-refractivity contribution in [3.8, 4) is 0 Å². The number of nitrogens with zero attached hydrogens (tertiary/aromatic N) is 3. The van der Waals surface area contributed by atoms with E-state index >= 15 is 0 Å². The fraction of sp³-hybridized carbons (Fsp3) is 0.750. The van der Waals surface area contributed by atoms with Gasteiger partial charge in [0.25, 0.3) is 0 Å². The monoisotopic (exact) mass is 231 g/mol. The summed E-state index contributed by atoms with van der Waals surface area (Å²) in [5.74, 6) is 0. The summed E-state index contributed by atoms with van der Waals surface area (Å²) in [6.45, 7) is 9.40. The van der Waals surface area contributed by atoms with Crippen molar-refractivity contribution < 1.29 is 0 Å². The molecule has 0 aromatic carbocycles. The van der Waals surface area contributed by atoms with Gasteiger partial charge < -0.3 is 0 Å². The predicted molar refractivity (Wildman–Crippen MR) is 52.1 cm³/mol. The fourth-order valence-electron chi connectivity index (χ4n) is 1.21. The lowest BCUT2D eigenvalue weighted by atomic mass is 9.93. The molecule has 0 spiro atoms. The molecule has 0 amide bonds. The Morgan fingerprint density at radius 1 is 1.42 bits per heavy atom. The molecule has 0 bridgehead atoms. The Kier molecular flexibility index (Phi) is 2.56. The molecular formula is C8H14BrN3. The Hall–Kier alpha value is -0.380. The topological polar surface area (TPSA) is 30.7 Å². The molecule has 0 atom stereocenters. The number of hydrogen-bond acceptors (Lipinski definition) is 2. The third kappa shape index (κ3) is 1.68. The molecule has 68 valence electrons. The molecule has 0 saturated heterocycles. The molecule has 0 aliphatic rings. The number of rotatable bonds is 1. The van der Waals surface area contributed by atoms with Crippen LogP contribution in [0.2, 0.25) is 0 Å². The zero-order valence-electron chi connectivity index (χ0n) is 7.93. The van der Waals surface area contributed by atoms with E-state index in [4.69, 9.17) is 0 Å². The van der Waals surface area contributed by atoms with Gasteiger partial charge in [-0.3, -0.25) is 0 Å². The normalized spacial score (nSPS) is 12.1. The molecule has 4 heteroatoms. The van der Waals surface area contributed by atoms with Gasteiger partial charge in [0.05, 0.1) is 5.69 Å². The average molecular weight is 232 g/mol. The van der Waals surface area contributed by atoms with Crippen LogP contribution in [0.15, 0.2) is 4.60 Å². The highest BCUT2D eigenvalue weighted by atomic mass is 79.9. The van der Waals surface area contributed by atoms with Crippen LogP contribution in [0.1, 0.15) is 33.4 Å². The summed E-state index contributed by atoms with van der Waals surface area (Å²) in [5, 5.41) is 8.00. The van der Waals surface area contributed by atoms with Gasteiger partial charge in [-0.05, 0) is 22.9 Å². The summed E-state index contributed by atoms with van der Waals surface area (Å²) in [6.07, 6.45) is 0. The Balaban J connectivity index is 3.19. The lowest BCUT2D eigenvalue weighted by Gasteiger charge is -2.19. The molecule has 0 radical (unpaired) electrons. The van der Waals surface area contributed by atoms with E-state index in [-0.39, 0.29) is 5.41 Å². The maximum atomic E-state index is 4.02. The van der Waals surface area contributed by atoms with Gasteiger partial charge in [-0.1, -0.05) is 26.0 Å². The summed E-state index contributed by atoms with van der Waals surface area (Å²) < 4.78 is 2.78. The van der Waals surface area contributed by atoms with Gasteiger partial charge in [0.15, 0.2) is 4.60 Å². The Morgan fingerprint density at radius 3 is 2.33 bits per heavy atom. The van der Waals surface area contributed by atoms with Crippen molar-refractivity contribution in [1.82, 2.24) is 15.0 Å². The second kappa shape index (κ2) is 3.17. The molecule has 0 fully saturated rings. The van der Waals surface area contributed by atoms with Crippen LogP contribution in [0.4, 0.5) is 0 Å². The minimum Gasteiger partial charge on any atom is -0.248 e. The Bertz CT molecular complexity index is 272. The number of halogens is 1. The zero-order valence-corrected chi connectivity index (χ0v) is 9.51. The Morgan fingerprint density at radius 2 is 2.00 bits per heavy atom. The number of aryl methyl sites for hydroxylation is 1. The van der Waals surface area contributed by atoms with E-state index in [1.54, 1.807) is 0 Å². The molecular weight excluding hydrogens is 218 g/mol. The van der Waals surface area contributed by atoms with E-state index < -0.39 is 0 Å². The van der Waals surface area contributed by atoms with Crippen LogP contribution in [0.5, 0.6) is 0 Å². The van der Waals surface area contributed by atoms with E-state index in [2.05, 4.69) is 53.9 Å². The summed E-state index contributed by atoms with van der Waals surface area (Å²) in [7, 11) is 0. The SMILES string of the molecule is CCn1nnc(Br)c1C(C)(C)C. The molecule has 0 unspecified atom stereocenters. The van der Waals surface area contributed by atoms with Crippen molar-refractivity contribution in [2.24, 2.45) is 0 Å². The second-order valence-corrected chi connectivity index (χ2v) is 4.55. The van der Waals surface area contributed by atoms with Gasteiger partial charge in [0, 0.05) is 12.0 Å². The fourth-order valence-corrected chi connectivity index (χ4v) is 2.08. The molecule has 1 aromatic heterocycles. The van der Waals surface area contributed by atoms with Crippen molar-refractivity contribution in [2.75, 3.05) is 0 Å². The van der Waals surface area contributed by atoms with Crippen LogP contribution in [0, 0.1) is 0 Å². The van der Waals surface area contributed by atoms with Crippen LogP contribution in [-0.2, 0) is 12.0 Å². The standard InChI is InChI=1S/C8H14BrN3/c1-5-12-6(8(2,3)4)7(9)10-11-12/h5H2,1-4H3. The minimum absolute atomic E-state index is 0.0956. The highest BCUT2D eigenvalue weighted by Crippen LogP contribution is 2.27. The van der Waals surface area contributed by atoms with E-state index in [1.165, 1.54) is 0 Å². The van der Waals surface area contributed by atoms with Gasteiger partial charge >= 0.3 is 0 Å². The number of hydrogen-bond donors (Lipinski definition) is 0. The highest BCUT2D eigenvalue weighted by Gasteiger charge is 2.23. The van der Waals surface area contributed by atoms with E-state index in [1.807, 2.05) is 4.68 Å². The largest absolute Gasteiger partial charge is 0.248 e. The van der Waals surface area contributed by atoms with Crippen molar-refractivity contribution >= 4 is 15.9 Å². The van der Waals surface area contributed by atoms with Gasteiger partial charge in [0.1, 0.15) is 0 Å². The molecule has 0 saturated carbocycles. The summed E-state index contributed by atoms with van der Waals surface area (Å²) >= 11 is 3.40. The molecule has 0 N–H and O–H groups in total. The van der Waals surface area contributed by atoms with Crippen LogP contribution in [0.3, 0.4) is 0 Å². The molecule has 3 nitrogen and oxygen atoms in total. The average Bonchev–Trinajstić information content (AvgIpc) is 2.29. The third-order valence-corrected chi connectivity index (χ3v) is 2.24. The summed E-state index contributed by atoms with van der Waals surface area (Å²) in [6, 6.07) is 0. The first-order valence-corrected chi connectivity index (χ1v) is 4.85. The van der Waals surface area contributed by atoms with Crippen LogP contribution < -0.4 is 0 Å². The minimum atomic E-state index is 0.0956. The van der Waals surface area contributed by atoms with Crippen molar-refractivity contribution in [3.63, 3.8) is 0 Å². The maximum Gasteiger partial charge on any atom is 0.152 e. The van der Waals surface area contributed by atoms with Crippen molar-refractivity contribution in [1.29, 1.82) is 0 Å². The van der Waals surface area contributed by atoms with E-state index in [0.29, 0.717) is 0 Å².